The Hall–Kier alpha value is -2.81. The molecule has 1 saturated heterocycles. The van der Waals surface area contributed by atoms with E-state index in [0.717, 1.165) is 5.56 Å². The molecule has 1 aliphatic heterocycles. The summed E-state index contributed by atoms with van der Waals surface area (Å²) in [7, 11) is 0. The zero-order chi connectivity index (χ0) is 17.8. The largest absolute Gasteiger partial charge is 0.368 e. The summed E-state index contributed by atoms with van der Waals surface area (Å²) < 4.78 is 0. The number of aromatic nitrogens is 4. The standard InChI is InChI=1S/C16H21N7O2/c1-12(15(17)25)21-7-9-22(10-8-21)14(24)11-23-19-16(18-20-23)13-5-3-2-4-6-13/h2-6,12H,7-11H2,1H3,(H2,17,25). The van der Waals surface area contributed by atoms with E-state index in [1.165, 1.54) is 4.80 Å². The van der Waals surface area contributed by atoms with Crippen LogP contribution >= 0.6 is 0 Å². The zero-order valence-electron chi connectivity index (χ0n) is 14.1. The Bertz CT molecular complexity index is 738. The molecule has 0 radical (unpaired) electrons. The molecule has 2 N–H and O–H groups in total. The molecule has 25 heavy (non-hydrogen) atoms. The molecule has 3 rings (SSSR count). The lowest BCUT2D eigenvalue weighted by Crippen LogP contribution is -2.54. The average molecular weight is 343 g/mol. The third-order valence-corrected chi connectivity index (χ3v) is 4.39. The fourth-order valence-corrected chi connectivity index (χ4v) is 2.77. The molecular weight excluding hydrogens is 322 g/mol. The van der Waals surface area contributed by atoms with Crippen LogP contribution in [0.4, 0.5) is 0 Å². The Morgan fingerprint density at radius 3 is 2.48 bits per heavy atom. The van der Waals surface area contributed by atoms with Gasteiger partial charge in [-0.05, 0) is 12.1 Å². The van der Waals surface area contributed by atoms with Crippen LogP contribution < -0.4 is 5.73 Å². The second-order valence-corrected chi connectivity index (χ2v) is 6.00. The summed E-state index contributed by atoms with van der Waals surface area (Å²) in [5, 5.41) is 12.2. The quantitative estimate of drug-likeness (QED) is 0.773. The van der Waals surface area contributed by atoms with Crippen molar-refractivity contribution in [2.75, 3.05) is 26.2 Å². The Balaban J connectivity index is 1.55. The lowest BCUT2D eigenvalue weighted by molar-refractivity contribution is -0.134. The molecule has 1 fully saturated rings. The van der Waals surface area contributed by atoms with E-state index in [-0.39, 0.29) is 24.4 Å². The molecule has 9 heteroatoms. The highest BCUT2D eigenvalue weighted by Gasteiger charge is 2.26. The molecule has 2 aromatic rings. The summed E-state index contributed by atoms with van der Waals surface area (Å²) in [5.41, 5.74) is 6.18. The molecule has 2 amide bonds. The summed E-state index contributed by atoms with van der Waals surface area (Å²) in [5.74, 6) is 0.0805. The number of primary amides is 1. The summed E-state index contributed by atoms with van der Waals surface area (Å²) in [6.07, 6.45) is 0. The first-order chi connectivity index (χ1) is 12.0. The maximum Gasteiger partial charge on any atom is 0.246 e. The predicted octanol–water partition coefficient (Wildman–Crippen LogP) is -0.642. The summed E-state index contributed by atoms with van der Waals surface area (Å²) >= 11 is 0. The monoisotopic (exact) mass is 343 g/mol. The Morgan fingerprint density at radius 2 is 1.84 bits per heavy atom. The van der Waals surface area contributed by atoms with Crippen LogP contribution in [0.25, 0.3) is 11.4 Å². The number of carbonyl (C=O) groups excluding carboxylic acids is 2. The van der Waals surface area contributed by atoms with Crippen molar-refractivity contribution in [1.82, 2.24) is 30.0 Å². The maximum atomic E-state index is 12.4. The van der Waals surface area contributed by atoms with Gasteiger partial charge in [-0.15, -0.1) is 10.2 Å². The van der Waals surface area contributed by atoms with Gasteiger partial charge in [0.2, 0.25) is 17.6 Å². The van der Waals surface area contributed by atoms with E-state index < -0.39 is 0 Å². The maximum absolute atomic E-state index is 12.4. The van der Waals surface area contributed by atoms with E-state index in [9.17, 15) is 9.59 Å². The second kappa shape index (κ2) is 7.39. The van der Waals surface area contributed by atoms with Gasteiger partial charge in [0.05, 0.1) is 6.04 Å². The first kappa shape index (κ1) is 17.0. The number of hydrogen-bond acceptors (Lipinski definition) is 6. The van der Waals surface area contributed by atoms with Crippen molar-refractivity contribution >= 4 is 11.8 Å². The normalized spacial score (nSPS) is 16.6. The van der Waals surface area contributed by atoms with E-state index in [4.69, 9.17) is 5.73 Å². The highest BCUT2D eigenvalue weighted by Crippen LogP contribution is 2.12. The number of amides is 2. The molecule has 1 aliphatic rings. The lowest BCUT2D eigenvalue weighted by Gasteiger charge is -2.36. The summed E-state index contributed by atoms with van der Waals surface area (Å²) in [6, 6.07) is 9.17. The minimum absolute atomic E-state index is 0.0468. The van der Waals surface area contributed by atoms with Gasteiger partial charge < -0.3 is 10.6 Å². The number of carbonyl (C=O) groups is 2. The number of tetrazole rings is 1. The SMILES string of the molecule is CC(C(N)=O)N1CCN(C(=O)Cn2nnc(-c3ccccc3)n2)CC1. The first-order valence-electron chi connectivity index (χ1n) is 8.19. The molecular formula is C16H21N7O2. The van der Waals surface area contributed by atoms with Gasteiger partial charge in [-0.2, -0.15) is 4.80 Å². The van der Waals surface area contributed by atoms with Gasteiger partial charge in [0.15, 0.2) is 0 Å². The molecule has 0 saturated carbocycles. The summed E-state index contributed by atoms with van der Waals surface area (Å²) in [4.78, 5) is 28.7. The van der Waals surface area contributed by atoms with Crippen LogP contribution in [0.2, 0.25) is 0 Å². The van der Waals surface area contributed by atoms with Crippen molar-refractivity contribution in [3.63, 3.8) is 0 Å². The number of nitrogens with two attached hydrogens (primary N) is 1. The number of nitrogens with zero attached hydrogens (tertiary/aromatic N) is 6. The van der Waals surface area contributed by atoms with Gasteiger partial charge in [-0.3, -0.25) is 14.5 Å². The van der Waals surface area contributed by atoms with Crippen LogP contribution in [0.3, 0.4) is 0 Å². The van der Waals surface area contributed by atoms with E-state index >= 15 is 0 Å². The van der Waals surface area contributed by atoms with E-state index in [0.29, 0.717) is 32.0 Å². The van der Waals surface area contributed by atoms with Gasteiger partial charge in [0, 0.05) is 31.7 Å². The third-order valence-electron chi connectivity index (χ3n) is 4.39. The third kappa shape index (κ3) is 4.00. The van der Waals surface area contributed by atoms with Crippen molar-refractivity contribution in [2.24, 2.45) is 5.73 Å². The first-order valence-corrected chi connectivity index (χ1v) is 8.19. The Kier molecular flexibility index (Phi) is 5.03. The molecule has 1 atom stereocenters. The minimum atomic E-state index is -0.347. The van der Waals surface area contributed by atoms with E-state index in [1.54, 1.807) is 11.8 Å². The topological polar surface area (TPSA) is 110 Å². The highest BCUT2D eigenvalue weighted by molar-refractivity contribution is 5.79. The van der Waals surface area contributed by atoms with E-state index in [2.05, 4.69) is 15.4 Å². The molecule has 1 aromatic heterocycles. The van der Waals surface area contributed by atoms with E-state index in [1.807, 2.05) is 35.2 Å². The van der Waals surface area contributed by atoms with Gasteiger partial charge in [-0.25, -0.2) is 0 Å². The van der Waals surface area contributed by atoms with Gasteiger partial charge in [0.1, 0.15) is 6.54 Å². The van der Waals surface area contributed by atoms with Crippen LogP contribution in [0.5, 0.6) is 0 Å². The van der Waals surface area contributed by atoms with Crippen LogP contribution in [0.15, 0.2) is 30.3 Å². The predicted molar refractivity (Wildman–Crippen MR) is 90.1 cm³/mol. The number of benzene rings is 1. The van der Waals surface area contributed by atoms with Crippen molar-refractivity contribution in [3.05, 3.63) is 30.3 Å². The van der Waals surface area contributed by atoms with Crippen LogP contribution in [-0.2, 0) is 16.1 Å². The second-order valence-electron chi connectivity index (χ2n) is 6.00. The molecule has 1 unspecified atom stereocenters. The molecule has 0 bridgehead atoms. The van der Waals surface area contributed by atoms with Crippen molar-refractivity contribution in [1.29, 1.82) is 0 Å². The van der Waals surface area contributed by atoms with Crippen LogP contribution in [0.1, 0.15) is 6.92 Å². The molecule has 0 spiro atoms. The average Bonchev–Trinajstić information content (AvgIpc) is 3.10. The molecule has 1 aromatic carbocycles. The Morgan fingerprint density at radius 1 is 1.16 bits per heavy atom. The lowest BCUT2D eigenvalue weighted by atomic mass is 10.2. The van der Waals surface area contributed by atoms with Crippen LogP contribution in [0, 0.1) is 0 Å². The van der Waals surface area contributed by atoms with Crippen LogP contribution in [-0.4, -0.2) is 74.0 Å². The van der Waals surface area contributed by atoms with Crippen molar-refractivity contribution in [2.45, 2.75) is 19.5 Å². The molecule has 2 heterocycles. The number of rotatable bonds is 5. The van der Waals surface area contributed by atoms with Gasteiger partial charge in [0.25, 0.3) is 0 Å². The van der Waals surface area contributed by atoms with Gasteiger partial charge >= 0.3 is 0 Å². The van der Waals surface area contributed by atoms with Crippen molar-refractivity contribution < 1.29 is 9.59 Å². The molecule has 9 nitrogen and oxygen atoms in total. The summed E-state index contributed by atoms with van der Waals surface area (Å²) in [6.45, 7) is 4.18. The fourth-order valence-electron chi connectivity index (χ4n) is 2.77. The Labute approximate surface area is 145 Å². The number of piperazine rings is 1. The fraction of sp³-hybridized carbons (Fsp3) is 0.438. The van der Waals surface area contributed by atoms with Crippen molar-refractivity contribution in [3.8, 4) is 11.4 Å². The zero-order valence-corrected chi connectivity index (χ0v) is 14.1. The highest BCUT2D eigenvalue weighted by atomic mass is 16.2. The van der Waals surface area contributed by atoms with Gasteiger partial charge in [-0.1, -0.05) is 30.3 Å². The number of hydrogen-bond donors (Lipinski definition) is 1. The smallest absolute Gasteiger partial charge is 0.246 e. The molecule has 132 valence electrons. The minimum Gasteiger partial charge on any atom is -0.368 e. The molecule has 0 aliphatic carbocycles.